The lowest BCUT2D eigenvalue weighted by atomic mass is 10.2. The van der Waals surface area contributed by atoms with Crippen LogP contribution in [0, 0.1) is 6.92 Å². The Labute approximate surface area is 170 Å². The molecule has 1 aromatic heterocycles. The number of aryl methyl sites for hydroxylation is 1. The van der Waals surface area contributed by atoms with Crippen LogP contribution in [0.4, 0.5) is 18.9 Å². The molecule has 0 atom stereocenters. The molecular formula is C19H14ClF3N2O3S. The van der Waals surface area contributed by atoms with Gasteiger partial charge in [-0.3, -0.25) is 4.72 Å². The topological polar surface area (TPSA) is 68.3 Å². The van der Waals surface area contributed by atoms with Crippen LogP contribution in [0.5, 0.6) is 11.6 Å². The molecule has 3 rings (SSSR count). The molecule has 0 spiro atoms. The number of hydrogen-bond acceptors (Lipinski definition) is 4. The fourth-order valence-corrected chi connectivity index (χ4v) is 3.64. The molecule has 1 heterocycles. The zero-order valence-corrected chi connectivity index (χ0v) is 16.4. The summed E-state index contributed by atoms with van der Waals surface area (Å²) in [5.41, 5.74) is -0.0264. The lowest BCUT2D eigenvalue weighted by molar-refractivity contribution is -0.138. The maximum atomic E-state index is 13.1. The number of halogens is 4. The largest absolute Gasteiger partial charge is 0.437 e. The molecule has 10 heteroatoms. The molecule has 5 nitrogen and oxygen atoms in total. The predicted octanol–water partition coefficient (Wildman–Crippen LogP) is 5.66. The maximum absolute atomic E-state index is 13.1. The van der Waals surface area contributed by atoms with Crippen LogP contribution in [0.15, 0.2) is 65.7 Å². The van der Waals surface area contributed by atoms with E-state index in [0.717, 1.165) is 23.9 Å². The first-order valence-electron chi connectivity index (χ1n) is 8.15. The Morgan fingerprint density at radius 2 is 1.76 bits per heavy atom. The number of alkyl halides is 3. The minimum absolute atomic E-state index is 0.0582. The average molecular weight is 443 g/mol. The lowest BCUT2D eigenvalue weighted by Gasteiger charge is -2.14. The first-order chi connectivity index (χ1) is 13.6. The monoisotopic (exact) mass is 442 g/mol. The summed E-state index contributed by atoms with van der Waals surface area (Å²) in [5.74, 6) is -0.760. The summed E-state index contributed by atoms with van der Waals surface area (Å²) >= 11 is 6.07. The van der Waals surface area contributed by atoms with Crippen molar-refractivity contribution in [1.82, 2.24) is 4.98 Å². The number of nitrogens with one attached hydrogen (secondary N) is 1. The number of nitrogens with zero attached hydrogens (tertiary/aromatic N) is 1. The van der Waals surface area contributed by atoms with Gasteiger partial charge in [-0.05, 0) is 49.4 Å². The molecule has 0 aliphatic heterocycles. The van der Waals surface area contributed by atoms with E-state index in [1.807, 2.05) is 6.92 Å². The zero-order chi connectivity index (χ0) is 21.2. The van der Waals surface area contributed by atoms with E-state index in [1.54, 1.807) is 12.1 Å². The summed E-state index contributed by atoms with van der Waals surface area (Å²) in [7, 11) is -3.86. The van der Waals surface area contributed by atoms with Crippen LogP contribution in [-0.2, 0) is 16.2 Å². The third kappa shape index (κ3) is 4.99. The van der Waals surface area contributed by atoms with Crippen LogP contribution in [0.2, 0.25) is 5.02 Å². The molecule has 1 N–H and O–H groups in total. The highest BCUT2D eigenvalue weighted by atomic mass is 35.5. The van der Waals surface area contributed by atoms with E-state index in [4.69, 9.17) is 16.3 Å². The van der Waals surface area contributed by atoms with E-state index < -0.39 is 27.6 Å². The molecule has 0 aliphatic rings. The second-order valence-corrected chi connectivity index (χ2v) is 8.11. The van der Waals surface area contributed by atoms with Crippen molar-refractivity contribution >= 4 is 27.3 Å². The summed E-state index contributed by atoms with van der Waals surface area (Å²) in [6.07, 6.45) is -3.50. The number of ether oxygens (including phenoxy) is 1. The van der Waals surface area contributed by atoms with Gasteiger partial charge in [0, 0.05) is 6.20 Å². The third-order valence-electron chi connectivity index (χ3n) is 3.80. The van der Waals surface area contributed by atoms with Crippen LogP contribution in [0.25, 0.3) is 0 Å². The first kappa shape index (κ1) is 20.9. The van der Waals surface area contributed by atoms with Crippen LogP contribution in [-0.4, -0.2) is 13.4 Å². The van der Waals surface area contributed by atoms with Crippen molar-refractivity contribution < 1.29 is 26.3 Å². The quantitative estimate of drug-likeness (QED) is 0.554. The van der Waals surface area contributed by atoms with Gasteiger partial charge in [-0.15, -0.1) is 0 Å². The summed E-state index contributed by atoms with van der Waals surface area (Å²) < 4.78 is 71.6. The van der Waals surface area contributed by atoms with E-state index in [-0.39, 0.29) is 21.4 Å². The number of pyridine rings is 1. The SMILES string of the molecule is Cc1ccc(S(=O)(=O)Nc2ccc(Oc3ncccc3C(F)(F)F)c(Cl)c2)cc1. The van der Waals surface area contributed by atoms with E-state index >= 15 is 0 Å². The van der Waals surface area contributed by atoms with Gasteiger partial charge in [-0.2, -0.15) is 13.2 Å². The second-order valence-electron chi connectivity index (χ2n) is 6.02. The molecule has 29 heavy (non-hydrogen) atoms. The van der Waals surface area contributed by atoms with Gasteiger partial charge < -0.3 is 4.74 Å². The van der Waals surface area contributed by atoms with Crippen molar-refractivity contribution in [2.45, 2.75) is 18.0 Å². The van der Waals surface area contributed by atoms with E-state index in [9.17, 15) is 21.6 Å². The lowest BCUT2D eigenvalue weighted by Crippen LogP contribution is -2.13. The van der Waals surface area contributed by atoms with Gasteiger partial charge in [0.25, 0.3) is 10.0 Å². The minimum atomic E-state index is -4.65. The van der Waals surface area contributed by atoms with Gasteiger partial charge in [0.05, 0.1) is 15.6 Å². The normalized spacial score (nSPS) is 11.9. The first-order valence-corrected chi connectivity index (χ1v) is 10.0. The van der Waals surface area contributed by atoms with Crippen molar-refractivity contribution in [2.24, 2.45) is 0 Å². The number of hydrogen-bond donors (Lipinski definition) is 1. The van der Waals surface area contributed by atoms with Crippen LogP contribution in [0.3, 0.4) is 0 Å². The van der Waals surface area contributed by atoms with Crippen molar-refractivity contribution in [3.8, 4) is 11.6 Å². The average Bonchev–Trinajstić information content (AvgIpc) is 2.63. The smallest absolute Gasteiger partial charge is 0.421 e. The van der Waals surface area contributed by atoms with Gasteiger partial charge in [-0.1, -0.05) is 29.3 Å². The fourth-order valence-electron chi connectivity index (χ4n) is 2.37. The molecule has 152 valence electrons. The number of benzene rings is 2. The number of anilines is 1. The Morgan fingerprint density at radius 3 is 2.38 bits per heavy atom. The molecule has 0 bridgehead atoms. The Bertz CT molecular complexity index is 1130. The van der Waals surface area contributed by atoms with Gasteiger partial charge in [-0.25, -0.2) is 13.4 Å². The summed E-state index contributed by atoms with van der Waals surface area (Å²) in [6.45, 7) is 1.83. The highest BCUT2D eigenvalue weighted by Gasteiger charge is 2.35. The Hall–Kier alpha value is -2.78. The molecule has 0 unspecified atom stereocenters. The summed E-state index contributed by atoms with van der Waals surface area (Å²) in [5, 5.41) is -0.0899. The molecule has 0 amide bonds. The van der Waals surface area contributed by atoms with Gasteiger partial charge in [0.15, 0.2) is 0 Å². The van der Waals surface area contributed by atoms with Gasteiger partial charge in [0.1, 0.15) is 11.3 Å². The summed E-state index contributed by atoms with van der Waals surface area (Å²) in [4.78, 5) is 3.66. The van der Waals surface area contributed by atoms with Gasteiger partial charge in [0.2, 0.25) is 5.88 Å². The van der Waals surface area contributed by atoms with Crippen LogP contribution >= 0.6 is 11.6 Å². The number of aromatic nitrogens is 1. The Morgan fingerprint density at radius 1 is 1.07 bits per heavy atom. The molecule has 0 aliphatic carbocycles. The molecule has 0 fully saturated rings. The van der Waals surface area contributed by atoms with Crippen molar-refractivity contribution in [3.63, 3.8) is 0 Å². The molecule has 2 aromatic carbocycles. The molecule has 0 saturated heterocycles. The highest BCUT2D eigenvalue weighted by Crippen LogP contribution is 2.38. The number of sulfonamides is 1. The standard InChI is InChI=1S/C19H14ClF3N2O3S/c1-12-4-7-14(8-5-12)29(26,27)25-13-6-9-17(16(20)11-13)28-18-15(19(21,22)23)3-2-10-24-18/h2-11,25H,1H3. The van der Waals surface area contributed by atoms with Gasteiger partial charge >= 0.3 is 6.18 Å². The predicted molar refractivity (Wildman–Crippen MR) is 103 cm³/mol. The Balaban J connectivity index is 1.84. The van der Waals surface area contributed by atoms with E-state index in [2.05, 4.69) is 9.71 Å². The molecular weight excluding hydrogens is 429 g/mol. The molecule has 0 saturated carbocycles. The summed E-state index contributed by atoms with van der Waals surface area (Å²) in [6, 6.07) is 12.0. The van der Waals surface area contributed by atoms with E-state index in [0.29, 0.717) is 0 Å². The van der Waals surface area contributed by atoms with E-state index in [1.165, 1.54) is 30.3 Å². The van der Waals surface area contributed by atoms with Crippen molar-refractivity contribution in [2.75, 3.05) is 4.72 Å². The highest BCUT2D eigenvalue weighted by molar-refractivity contribution is 7.92. The zero-order valence-electron chi connectivity index (χ0n) is 14.9. The molecule has 0 radical (unpaired) electrons. The second kappa shape index (κ2) is 7.92. The van der Waals surface area contributed by atoms with Crippen molar-refractivity contribution in [1.29, 1.82) is 0 Å². The minimum Gasteiger partial charge on any atom is -0.437 e. The third-order valence-corrected chi connectivity index (χ3v) is 5.49. The number of rotatable bonds is 5. The van der Waals surface area contributed by atoms with Crippen LogP contribution < -0.4 is 9.46 Å². The maximum Gasteiger partial charge on any atom is 0.421 e. The molecule has 3 aromatic rings. The van der Waals surface area contributed by atoms with Crippen LogP contribution in [0.1, 0.15) is 11.1 Å². The fraction of sp³-hybridized carbons (Fsp3) is 0.105. The Kier molecular flexibility index (Phi) is 5.72. The van der Waals surface area contributed by atoms with Crippen molar-refractivity contribution in [3.05, 3.63) is 76.9 Å².